The molecular weight excluding hydrogens is 250 g/mol. The number of fused-ring (bicyclic) bond motifs is 1. The second-order valence-corrected chi connectivity index (χ2v) is 5.66. The minimum atomic E-state index is 0.143. The normalized spacial score (nSPS) is 20.6. The Hall–Kier alpha value is -1.39. The third-order valence-electron chi connectivity index (χ3n) is 4.17. The lowest BCUT2D eigenvalue weighted by Gasteiger charge is -2.18. The van der Waals surface area contributed by atoms with E-state index in [1.54, 1.807) is 0 Å². The van der Waals surface area contributed by atoms with Gasteiger partial charge in [-0.15, -0.1) is 0 Å². The molecule has 108 valence electrons. The van der Waals surface area contributed by atoms with Crippen LogP contribution in [0.1, 0.15) is 25.6 Å². The lowest BCUT2D eigenvalue weighted by molar-refractivity contribution is 0.180. The molecule has 0 saturated carbocycles. The summed E-state index contributed by atoms with van der Waals surface area (Å²) in [6.45, 7) is 4.85. The molecule has 3 rings (SSSR count). The van der Waals surface area contributed by atoms with Crippen LogP contribution in [-0.2, 0) is 17.7 Å². The Morgan fingerprint density at radius 3 is 3.05 bits per heavy atom. The molecular formula is C16H23N3O. The second-order valence-electron chi connectivity index (χ2n) is 5.66. The predicted octanol–water partition coefficient (Wildman–Crippen LogP) is 2.35. The molecule has 2 unspecified atom stereocenters. The van der Waals surface area contributed by atoms with Crippen LogP contribution in [0.2, 0.25) is 0 Å². The first kappa shape index (κ1) is 13.6. The molecule has 1 aromatic heterocycles. The molecule has 0 radical (unpaired) electrons. The summed E-state index contributed by atoms with van der Waals surface area (Å²) in [5.41, 5.74) is 8.66. The van der Waals surface area contributed by atoms with Gasteiger partial charge in [0.15, 0.2) is 0 Å². The van der Waals surface area contributed by atoms with Crippen LogP contribution >= 0.6 is 0 Å². The van der Waals surface area contributed by atoms with E-state index in [0.29, 0.717) is 5.92 Å². The first-order valence-electron chi connectivity index (χ1n) is 7.57. The molecule has 0 amide bonds. The van der Waals surface area contributed by atoms with Crippen molar-refractivity contribution in [3.63, 3.8) is 0 Å². The number of rotatable bonds is 5. The summed E-state index contributed by atoms with van der Waals surface area (Å²) in [6.07, 6.45) is 3.02. The van der Waals surface area contributed by atoms with E-state index in [0.717, 1.165) is 50.4 Å². The number of nitrogens with zero attached hydrogens (tertiary/aromatic N) is 2. The third-order valence-corrected chi connectivity index (χ3v) is 4.17. The number of hydrogen-bond acceptors (Lipinski definition) is 3. The van der Waals surface area contributed by atoms with Crippen molar-refractivity contribution in [2.45, 2.75) is 38.8 Å². The van der Waals surface area contributed by atoms with E-state index in [1.807, 2.05) is 6.07 Å². The van der Waals surface area contributed by atoms with E-state index < -0.39 is 0 Å². The Bertz CT molecular complexity index is 572. The number of nitrogens with two attached hydrogens (primary N) is 1. The van der Waals surface area contributed by atoms with Crippen LogP contribution in [0.3, 0.4) is 0 Å². The summed E-state index contributed by atoms with van der Waals surface area (Å²) >= 11 is 0. The molecule has 2 heterocycles. The van der Waals surface area contributed by atoms with Crippen LogP contribution in [0.5, 0.6) is 0 Å². The molecule has 4 heteroatoms. The van der Waals surface area contributed by atoms with Crippen molar-refractivity contribution in [3.8, 4) is 0 Å². The van der Waals surface area contributed by atoms with Crippen molar-refractivity contribution in [1.29, 1.82) is 0 Å². The lowest BCUT2D eigenvalue weighted by Crippen LogP contribution is -2.33. The van der Waals surface area contributed by atoms with E-state index >= 15 is 0 Å². The number of aryl methyl sites for hydroxylation is 1. The van der Waals surface area contributed by atoms with E-state index in [2.05, 4.69) is 29.7 Å². The van der Waals surface area contributed by atoms with Gasteiger partial charge < -0.3 is 15.0 Å². The monoisotopic (exact) mass is 273 g/mol. The van der Waals surface area contributed by atoms with Crippen molar-refractivity contribution in [2.24, 2.45) is 11.7 Å². The number of para-hydroxylation sites is 2. The zero-order chi connectivity index (χ0) is 13.9. The second kappa shape index (κ2) is 5.94. The smallest absolute Gasteiger partial charge is 0.111 e. The molecule has 0 bridgehead atoms. The summed E-state index contributed by atoms with van der Waals surface area (Å²) in [5.74, 6) is 1.59. The molecule has 20 heavy (non-hydrogen) atoms. The molecule has 0 aliphatic carbocycles. The van der Waals surface area contributed by atoms with Crippen molar-refractivity contribution >= 4 is 11.0 Å². The molecule has 1 aliphatic rings. The SMILES string of the molecule is CCCn1c(CC(N)C2CCOC2)nc2ccccc21. The fraction of sp³-hybridized carbons (Fsp3) is 0.562. The number of hydrogen-bond donors (Lipinski definition) is 1. The summed E-state index contributed by atoms with van der Waals surface area (Å²) in [4.78, 5) is 4.78. The molecule has 1 aromatic carbocycles. The molecule has 1 aliphatic heterocycles. The maximum atomic E-state index is 6.36. The zero-order valence-electron chi connectivity index (χ0n) is 12.1. The van der Waals surface area contributed by atoms with Crippen molar-refractivity contribution in [1.82, 2.24) is 9.55 Å². The summed E-state index contributed by atoms with van der Waals surface area (Å²) in [7, 11) is 0. The van der Waals surface area contributed by atoms with Crippen LogP contribution < -0.4 is 5.73 Å². The Kier molecular flexibility index (Phi) is 4.03. The Morgan fingerprint density at radius 1 is 1.45 bits per heavy atom. The molecule has 0 spiro atoms. The highest BCUT2D eigenvalue weighted by atomic mass is 16.5. The van der Waals surface area contributed by atoms with Gasteiger partial charge in [0, 0.05) is 25.6 Å². The number of aromatic nitrogens is 2. The van der Waals surface area contributed by atoms with Crippen molar-refractivity contribution in [2.75, 3.05) is 13.2 Å². The molecule has 2 aromatic rings. The Labute approximate surface area is 119 Å². The van der Waals surface area contributed by atoms with Crippen LogP contribution in [0.25, 0.3) is 11.0 Å². The average Bonchev–Trinajstić information content (AvgIpc) is 3.08. The highest BCUT2D eigenvalue weighted by Crippen LogP contribution is 2.21. The van der Waals surface area contributed by atoms with Crippen molar-refractivity contribution in [3.05, 3.63) is 30.1 Å². The number of imidazole rings is 1. The van der Waals surface area contributed by atoms with Crippen LogP contribution in [0, 0.1) is 5.92 Å². The van der Waals surface area contributed by atoms with Gasteiger partial charge in [0.25, 0.3) is 0 Å². The van der Waals surface area contributed by atoms with E-state index in [-0.39, 0.29) is 6.04 Å². The lowest BCUT2D eigenvalue weighted by atomic mass is 9.97. The zero-order valence-corrected chi connectivity index (χ0v) is 12.1. The van der Waals surface area contributed by atoms with Gasteiger partial charge in [-0.1, -0.05) is 19.1 Å². The van der Waals surface area contributed by atoms with Crippen LogP contribution in [0.4, 0.5) is 0 Å². The van der Waals surface area contributed by atoms with Gasteiger partial charge in [-0.3, -0.25) is 0 Å². The maximum absolute atomic E-state index is 6.36. The topological polar surface area (TPSA) is 53.1 Å². The van der Waals surface area contributed by atoms with E-state index in [1.165, 1.54) is 5.52 Å². The summed E-state index contributed by atoms with van der Waals surface area (Å²) in [6, 6.07) is 8.48. The molecule has 1 saturated heterocycles. The van der Waals surface area contributed by atoms with Crippen LogP contribution in [0.15, 0.2) is 24.3 Å². The third kappa shape index (κ3) is 2.58. The first-order chi connectivity index (χ1) is 9.79. The highest BCUT2D eigenvalue weighted by molar-refractivity contribution is 5.75. The van der Waals surface area contributed by atoms with Gasteiger partial charge in [-0.25, -0.2) is 4.98 Å². The molecule has 4 nitrogen and oxygen atoms in total. The number of ether oxygens (including phenoxy) is 1. The van der Waals surface area contributed by atoms with Crippen molar-refractivity contribution < 1.29 is 4.74 Å². The Balaban J connectivity index is 1.87. The van der Waals surface area contributed by atoms with Crippen LogP contribution in [-0.4, -0.2) is 28.8 Å². The average molecular weight is 273 g/mol. The first-order valence-corrected chi connectivity index (χ1v) is 7.57. The standard InChI is InChI=1S/C16H23N3O/c1-2-8-19-15-6-4-3-5-14(15)18-16(19)10-13(17)12-7-9-20-11-12/h3-6,12-13H,2,7-11,17H2,1H3. The fourth-order valence-electron chi connectivity index (χ4n) is 3.02. The van der Waals surface area contributed by atoms with Gasteiger partial charge in [0.05, 0.1) is 17.6 Å². The molecule has 2 atom stereocenters. The van der Waals surface area contributed by atoms with Gasteiger partial charge >= 0.3 is 0 Å². The highest BCUT2D eigenvalue weighted by Gasteiger charge is 2.24. The maximum Gasteiger partial charge on any atom is 0.111 e. The fourth-order valence-corrected chi connectivity index (χ4v) is 3.02. The number of benzene rings is 1. The van der Waals surface area contributed by atoms with E-state index in [9.17, 15) is 0 Å². The molecule has 1 fully saturated rings. The largest absolute Gasteiger partial charge is 0.381 e. The quantitative estimate of drug-likeness (QED) is 0.910. The minimum absolute atomic E-state index is 0.143. The van der Waals surface area contributed by atoms with Gasteiger partial charge in [0.1, 0.15) is 5.82 Å². The predicted molar refractivity (Wildman–Crippen MR) is 80.6 cm³/mol. The Morgan fingerprint density at radius 2 is 2.30 bits per heavy atom. The van der Waals surface area contributed by atoms with Gasteiger partial charge in [0.2, 0.25) is 0 Å². The van der Waals surface area contributed by atoms with Gasteiger partial charge in [-0.05, 0) is 30.9 Å². The summed E-state index contributed by atoms with van der Waals surface area (Å²) in [5, 5.41) is 0. The molecule has 2 N–H and O–H groups in total. The summed E-state index contributed by atoms with van der Waals surface area (Å²) < 4.78 is 7.77. The van der Waals surface area contributed by atoms with E-state index in [4.69, 9.17) is 15.5 Å². The minimum Gasteiger partial charge on any atom is -0.381 e. The van der Waals surface area contributed by atoms with Gasteiger partial charge in [-0.2, -0.15) is 0 Å².